The smallest absolute Gasteiger partial charge is 0.277 e. The molecule has 5 nitrogen and oxygen atoms in total. The molecular weight excluding hydrogens is 322 g/mol. The summed E-state index contributed by atoms with van der Waals surface area (Å²) in [6.45, 7) is 2.02. The SMILES string of the molecule is Cc1cccc(-c2nnc(SCC(=O)N(C)C3CCCCC3)o2)c1. The van der Waals surface area contributed by atoms with Gasteiger partial charge in [0, 0.05) is 18.7 Å². The molecule has 0 bridgehead atoms. The van der Waals surface area contributed by atoms with Crippen LogP contribution in [0.4, 0.5) is 0 Å². The monoisotopic (exact) mass is 345 g/mol. The average molecular weight is 345 g/mol. The molecule has 1 aromatic heterocycles. The number of amides is 1. The van der Waals surface area contributed by atoms with Crippen LogP contribution in [0.1, 0.15) is 37.7 Å². The van der Waals surface area contributed by atoms with Crippen molar-refractivity contribution in [3.8, 4) is 11.5 Å². The fourth-order valence-corrected chi connectivity index (χ4v) is 3.75. The molecule has 2 aromatic rings. The maximum absolute atomic E-state index is 12.4. The van der Waals surface area contributed by atoms with E-state index < -0.39 is 0 Å². The fraction of sp³-hybridized carbons (Fsp3) is 0.500. The van der Waals surface area contributed by atoms with Crippen molar-refractivity contribution >= 4 is 17.7 Å². The lowest BCUT2D eigenvalue weighted by molar-refractivity contribution is -0.129. The predicted molar refractivity (Wildman–Crippen MR) is 94.8 cm³/mol. The maximum atomic E-state index is 12.4. The lowest BCUT2D eigenvalue weighted by Gasteiger charge is -2.31. The Morgan fingerprint density at radius 2 is 2.08 bits per heavy atom. The summed E-state index contributed by atoms with van der Waals surface area (Å²) < 4.78 is 5.67. The Labute approximate surface area is 146 Å². The Balaban J connectivity index is 1.56. The number of thioether (sulfide) groups is 1. The molecule has 1 fully saturated rings. The van der Waals surface area contributed by atoms with Crippen LogP contribution in [-0.2, 0) is 4.79 Å². The van der Waals surface area contributed by atoms with E-state index in [1.54, 1.807) is 0 Å². The van der Waals surface area contributed by atoms with Gasteiger partial charge in [0.25, 0.3) is 5.22 Å². The summed E-state index contributed by atoms with van der Waals surface area (Å²) in [6.07, 6.45) is 5.96. The van der Waals surface area contributed by atoms with E-state index in [1.165, 1.54) is 31.0 Å². The summed E-state index contributed by atoms with van der Waals surface area (Å²) in [5.74, 6) is 0.958. The number of hydrogen-bond donors (Lipinski definition) is 0. The summed E-state index contributed by atoms with van der Waals surface area (Å²) in [5, 5.41) is 8.56. The molecule has 0 unspecified atom stereocenters. The molecule has 0 spiro atoms. The van der Waals surface area contributed by atoms with Crippen LogP contribution in [0.2, 0.25) is 0 Å². The summed E-state index contributed by atoms with van der Waals surface area (Å²) >= 11 is 1.31. The lowest BCUT2D eigenvalue weighted by Crippen LogP contribution is -2.39. The molecule has 1 aliphatic rings. The third-order valence-electron chi connectivity index (χ3n) is 4.51. The van der Waals surface area contributed by atoms with E-state index in [2.05, 4.69) is 10.2 Å². The van der Waals surface area contributed by atoms with Crippen LogP contribution in [0.25, 0.3) is 11.5 Å². The first-order valence-corrected chi connectivity index (χ1v) is 9.41. The topological polar surface area (TPSA) is 59.2 Å². The zero-order chi connectivity index (χ0) is 16.9. The van der Waals surface area contributed by atoms with E-state index in [1.807, 2.05) is 43.1 Å². The number of carbonyl (C=O) groups excluding carboxylic acids is 1. The molecular formula is C18H23N3O2S. The van der Waals surface area contributed by atoms with Gasteiger partial charge in [-0.15, -0.1) is 10.2 Å². The quantitative estimate of drug-likeness (QED) is 0.769. The molecule has 6 heteroatoms. The van der Waals surface area contributed by atoms with Crippen molar-refractivity contribution in [2.45, 2.75) is 50.3 Å². The van der Waals surface area contributed by atoms with Crippen LogP contribution in [0.5, 0.6) is 0 Å². The zero-order valence-electron chi connectivity index (χ0n) is 14.2. The summed E-state index contributed by atoms with van der Waals surface area (Å²) in [6, 6.07) is 8.32. The molecule has 0 saturated heterocycles. The standard InChI is InChI=1S/C18H23N3O2S/c1-13-7-6-8-14(11-13)17-19-20-18(23-17)24-12-16(22)21(2)15-9-4-3-5-10-15/h6-8,11,15H,3-5,9-10,12H2,1-2H3. The van der Waals surface area contributed by atoms with E-state index in [0.29, 0.717) is 22.9 Å². The lowest BCUT2D eigenvalue weighted by atomic mass is 9.94. The molecule has 0 aliphatic heterocycles. The van der Waals surface area contributed by atoms with Crippen LogP contribution in [0.3, 0.4) is 0 Å². The van der Waals surface area contributed by atoms with Crippen LogP contribution < -0.4 is 0 Å². The van der Waals surface area contributed by atoms with Crippen molar-refractivity contribution < 1.29 is 9.21 Å². The van der Waals surface area contributed by atoms with Crippen molar-refractivity contribution in [1.82, 2.24) is 15.1 Å². The number of hydrogen-bond acceptors (Lipinski definition) is 5. The second-order valence-corrected chi connectivity index (χ2v) is 7.25. The number of carbonyl (C=O) groups is 1. The molecule has 1 aliphatic carbocycles. The van der Waals surface area contributed by atoms with Gasteiger partial charge >= 0.3 is 0 Å². The molecule has 1 heterocycles. The number of aryl methyl sites for hydroxylation is 1. The Hall–Kier alpha value is -1.82. The molecule has 1 aromatic carbocycles. The van der Waals surface area contributed by atoms with Crippen LogP contribution in [0, 0.1) is 6.92 Å². The Morgan fingerprint density at radius 1 is 1.29 bits per heavy atom. The molecule has 0 atom stereocenters. The molecule has 3 rings (SSSR count). The molecule has 0 N–H and O–H groups in total. The molecule has 0 radical (unpaired) electrons. The summed E-state index contributed by atoms with van der Waals surface area (Å²) in [5.41, 5.74) is 2.05. The van der Waals surface area contributed by atoms with Crippen LogP contribution >= 0.6 is 11.8 Å². The average Bonchev–Trinajstić information content (AvgIpc) is 3.09. The first kappa shape index (κ1) is 17.0. The molecule has 1 amide bonds. The minimum atomic E-state index is 0.127. The van der Waals surface area contributed by atoms with Gasteiger partial charge in [-0.1, -0.05) is 48.7 Å². The summed E-state index contributed by atoms with van der Waals surface area (Å²) in [7, 11) is 1.91. The fourth-order valence-electron chi connectivity index (χ4n) is 3.06. The van der Waals surface area contributed by atoms with Gasteiger partial charge in [-0.25, -0.2) is 0 Å². The normalized spacial score (nSPS) is 15.4. The molecule has 128 valence electrons. The van der Waals surface area contributed by atoms with Gasteiger partial charge in [-0.05, 0) is 31.9 Å². The van der Waals surface area contributed by atoms with Gasteiger partial charge < -0.3 is 9.32 Å². The predicted octanol–water partition coefficient (Wildman–Crippen LogP) is 3.93. The highest BCUT2D eigenvalue weighted by Crippen LogP contribution is 2.25. The highest BCUT2D eigenvalue weighted by atomic mass is 32.2. The van der Waals surface area contributed by atoms with Crippen molar-refractivity contribution in [3.63, 3.8) is 0 Å². The number of rotatable bonds is 5. The van der Waals surface area contributed by atoms with Gasteiger partial charge in [-0.2, -0.15) is 0 Å². The highest BCUT2D eigenvalue weighted by molar-refractivity contribution is 7.99. The molecule has 24 heavy (non-hydrogen) atoms. The first-order chi connectivity index (χ1) is 11.6. The number of aromatic nitrogens is 2. The van der Waals surface area contributed by atoms with Gasteiger partial charge in [0.05, 0.1) is 5.75 Å². The Morgan fingerprint density at radius 3 is 2.83 bits per heavy atom. The van der Waals surface area contributed by atoms with Gasteiger partial charge in [-0.3, -0.25) is 4.79 Å². The van der Waals surface area contributed by atoms with Crippen molar-refractivity contribution in [1.29, 1.82) is 0 Å². The van der Waals surface area contributed by atoms with Gasteiger partial charge in [0.2, 0.25) is 11.8 Å². The van der Waals surface area contributed by atoms with E-state index in [9.17, 15) is 4.79 Å². The zero-order valence-corrected chi connectivity index (χ0v) is 15.0. The largest absolute Gasteiger partial charge is 0.411 e. The van der Waals surface area contributed by atoms with Crippen molar-refractivity contribution in [2.24, 2.45) is 0 Å². The third kappa shape index (κ3) is 4.17. The minimum absolute atomic E-state index is 0.127. The maximum Gasteiger partial charge on any atom is 0.277 e. The van der Waals surface area contributed by atoms with Crippen LogP contribution in [0.15, 0.2) is 33.9 Å². The number of benzene rings is 1. The second kappa shape index (κ2) is 7.83. The second-order valence-electron chi connectivity index (χ2n) is 6.33. The summed E-state index contributed by atoms with van der Waals surface area (Å²) in [4.78, 5) is 14.2. The van der Waals surface area contributed by atoms with Gasteiger partial charge in [0.1, 0.15) is 0 Å². The Bertz CT molecular complexity index is 695. The van der Waals surface area contributed by atoms with Crippen molar-refractivity contribution in [2.75, 3.05) is 12.8 Å². The van der Waals surface area contributed by atoms with E-state index in [4.69, 9.17) is 4.42 Å². The Kier molecular flexibility index (Phi) is 5.56. The first-order valence-electron chi connectivity index (χ1n) is 8.42. The number of nitrogens with zero attached hydrogens (tertiary/aromatic N) is 3. The molecule has 1 saturated carbocycles. The van der Waals surface area contributed by atoms with E-state index in [0.717, 1.165) is 24.0 Å². The van der Waals surface area contributed by atoms with Crippen LogP contribution in [-0.4, -0.2) is 39.8 Å². The highest BCUT2D eigenvalue weighted by Gasteiger charge is 2.22. The minimum Gasteiger partial charge on any atom is -0.411 e. The van der Waals surface area contributed by atoms with E-state index >= 15 is 0 Å². The van der Waals surface area contributed by atoms with Crippen molar-refractivity contribution in [3.05, 3.63) is 29.8 Å². The van der Waals surface area contributed by atoms with E-state index in [-0.39, 0.29) is 5.91 Å². The van der Waals surface area contributed by atoms with Gasteiger partial charge in [0.15, 0.2) is 0 Å². The third-order valence-corrected chi connectivity index (χ3v) is 5.31.